The summed E-state index contributed by atoms with van der Waals surface area (Å²) in [6, 6.07) is 12.7. The van der Waals surface area contributed by atoms with Gasteiger partial charge in [-0.3, -0.25) is 4.90 Å². The van der Waals surface area contributed by atoms with Crippen molar-refractivity contribution in [2.24, 2.45) is 0 Å². The molecule has 15 heavy (non-hydrogen) atoms. The van der Waals surface area contributed by atoms with Gasteiger partial charge in [0.1, 0.15) is 6.04 Å². The van der Waals surface area contributed by atoms with Crippen molar-refractivity contribution in [3.8, 4) is 6.07 Å². The molecule has 3 nitrogen and oxygen atoms in total. The highest BCUT2D eigenvalue weighted by Gasteiger charge is 2.21. The Kier molecular flexibility index (Phi) is 3.33. The molecule has 1 fully saturated rings. The first-order chi connectivity index (χ1) is 7.40. The van der Waals surface area contributed by atoms with Gasteiger partial charge < -0.3 is 5.32 Å². The lowest BCUT2D eigenvalue weighted by Crippen LogP contribution is -2.49. The average molecular weight is 201 g/mol. The molecule has 1 heterocycles. The predicted molar refractivity (Wildman–Crippen MR) is 59.1 cm³/mol. The molecule has 0 aliphatic carbocycles. The van der Waals surface area contributed by atoms with Crippen LogP contribution in [0.1, 0.15) is 5.56 Å². The van der Waals surface area contributed by atoms with Crippen molar-refractivity contribution >= 4 is 0 Å². The molecule has 1 saturated heterocycles. The van der Waals surface area contributed by atoms with E-state index in [1.165, 1.54) is 5.56 Å². The number of nitrogens with one attached hydrogen (secondary N) is 1. The lowest BCUT2D eigenvalue weighted by molar-refractivity contribution is 0.189. The van der Waals surface area contributed by atoms with E-state index >= 15 is 0 Å². The van der Waals surface area contributed by atoms with Crippen LogP contribution in [0.3, 0.4) is 0 Å². The van der Waals surface area contributed by atoms with E-state index in [1.54, 1.807) is 0 Å². The highest BCUT2D eigenvalue weighted by Crippen LogP contribution is 2.09. The van der Waals surface area contributed by atoms with Gasteiger partial charge in [-0.25, -0.2) is 0 Å². The molecule has 0 unspecified atom stereocenters. The molecule has 0 aromatic heterocycles. The normalized spacial score (nSPS) is 22.2. The van der Waals surface area contributed by atoms with Crippen LogP contribution in [0, 0.1) is 11.3 Å². The Balaban J connectivity index is 2.01. The van der Waals surface area contributed by atoms with Gasteiger partial charge in [-0.05, 0) is 5.56 Å². The number of nitrogens with zero attached hydrogens (tertiary/aromatic N) is 2. The van der Waals surface area contributed by atoms with E-state index in [1.807, 2.05) is 18.2 Å². The summed E-state index contributed by atoms with van der Waals surface area (Å²) >= 11 is 0. The van der Waals surface area contributed by atoms with Crippen molar-refractivity contribution < 1.29 is 0 Å². The topological polar surface area (TPSA) is 39.1 Å². The van der Waals surface area contributed by atoms with Gasteiger partial charge in [0.15, 0.2) is 0 Å². The third kappa shape index (κ3) is 2.56. The van der Waals surface area contributed by atoms with Crippen LogP contribution in [-0.4, -0.2) is 30.6 Å². The zero-order valence-electron chi connectivity index (χ0n) is 8.69. The molecule has 0 saturated carbocycles. The van der Waals surface area contributed by atoms with E-state index in [-0.39, 0.29) is 6.04 Å². The molecule has 1 atom stereocenters. The second kappa shape index (κ2) is 4.92. The monoisotopic (exact) mass is 201 g/mol. The summed E-state index contributed by atoms with van der Waals surface area (Å²) < 4.78 is 0. The second-order valence-electron chi connectivity index (χ2n) is 3.81. The predicted octanol–water partition coefficient (Wildman–Crippen LogP) is 0.984. The summed E-state index contributed by atoms with van der Waals surface area (Å²) in [5, 5.41) is 12.2. The minimum atomic E-state index is 0.0129. The molecule has 0 spiro atoms. The first-order valence-corrected chi connectivity index (χ1v) is 5.28. The van der Waals surface area contributed by atoms with Crippen molar-refractivity contribution in [2.75, 3.05) is 19.6 Å². The number of rotatable bonds is 2. The molecule has 0 bridgehead atoms. The standard InChI is InChI=1S/C12H15N3/c13-8-12-9-14-6-7-15(12)10-11-4-2-1-3-5-11/h1-5,12,14H,6-7,9-10H2/t12-/m0/s1. The first kappa shape index (κ1) is 10.2. The quantitative estimate of drug-likeness (QED) is 0.775. The molecule has 3 heteroatoms. The summed E-state index contributed by atoms with van der Waals surface area (Å²) in [6.07, 6.45) is 0. The van der Waals surface area contributed by atoms with Gasteiger partial charge >= 0.3 is 0 Å². The van der Waals surface area contributed by atoms with E-state index in [9.17, 15) is 0 Å². The van der Waals surface area contributed by atoms with Crippen LogP contribution in [0.15, 0.2) is 30.3 Å². The average Bonchev–Trinajstić information content (AvgIpc) is 2.31. The van der Waals surface area contributed by atoms with Crippen LogP contribution in [-0.2, 0) is 6.54 Å². The Morgan fingerprint density at radius 3 is 2.93 bits per heavy atom. The van der Waals surface area contributed by atoms with Gasteiger partial charge in [0.05, 0.1) is 6.07 Å². The van der Waals surface area contributed by atoms with Crippen molar-refractivity contribution in [3.05, 3.63) is 35.9 Å². The Hall–Kier alpha value is -1.37. The van der Waals surface area contributed by atoms with Crippen LogP contribution < -0.4 is 5.32 Å². The fourth-order valence-corrected chi connectivity index (χ4v) is 1.88. The fourth-order valence-electron chi connectivity index (χ4n) is 1.88. The molecule has 1 aliphatic rings. The van der Waals surface area contributed by atoms with Crippen molar-refractivity contribution in [1.82, 2.24) is 10.2 Å². The minimum Gasteiger partial charge on any atom is -0.313 e. The van der Waals surface area contributed by atoms with Gasteiger partial charge in [-0.1, -0.05) is 30.3 Å². The van der Waals surface area contributed by atoms with Crippen LogP contribution in [0.5, 0.6) is 0 Å². The van der Waals surface area contributed by atoms with E-state index < -0.39 is 0 Å². The van der Waals surface area contributed by atoms with Crippen LogP contribution >= 0.6 is 0 Å². The van der Waals surface area contributed by atoms with Crippen LogP contribution in [0.25, 0.3) is 0 Å². The van der Waals surface area contributed by atoms with Gasteiger partial charge in [0.2, 0.25) is 0 Å². The maximum Gasteiger partial charge on any atom is 0.111 e. The second-order valence-corrected chi connectivity index (χ2v) is 3.81. The number of hydrogen-bond acceptors (Lipinski definition) is 3. The summed E-state index contributed by atoms with van der Waals surface area (Å²) in [5.41, 5.74) is 1.28. The maximum atomic E-state index is 9.01. The zero-order chi connectivity index (χ0) is 10.5. The Labute approximate surface area is 90.3 Å². The number of hydrogen-bond donors (Lipinski definition) is 1. The molecule has 1 N–H and O–H groups in total. The Morgan fingerprint density at radius 1 is 1.40 bits per heavy atom. The smallest absolute Gasteiger partial charge is 0.111 e. The highest BCUT2D eigenvalue weighted by molar-refractivity contribution is 5.15. The molecular weight excluding hydrogens is 186 g/mol. The third-order valence-corrected chi connectivity index (χ3v) is 2.73. The number of nitriles is 1. The summed E-state index contributed by atoms with van der Waals surface area (Å²) in [4.78, 5) is 2.23. The summed E-state index contributed by atoms with van der Waals surface area (Å²) in [7, 11) is 0. The van der Waals surface area contributed by atoms with Crippen molar-refractivity contribution in [1.29, 1.82) is 5.26 Å². The van der Waals surface area contributed by atoms with Crippen LogP contribution in [0.4, 0.5) is 0 Å². The van der Waals surface area contributed by atoms with Gasteiger partial charge in [0, 0.05) is 26.2 Å². The van der Waals surface area contributed by atoms with Crippen LogP contribution in [0.2, 0.25) is 0 Å². The van der Waals surface area contributed by atoms with Crippen molar-refractivity contribution in [2.45, 2.75) is 12.6 Å². The Bertz CT molecular complexity index is 342. The molecule has 2 rings (SSSR count). The largest absolute Gasteiger partial charge is 0.313 e. The van der Waals surface area contributed by atoms with Gasteiger partial charge in [0.25, 0.3) is 0 Å². The van der Waals surface area contributed by atoms with E-state index in [4.69, 9.17) is 5.26 Å². The summed E-state index contributed by atoms with van der Waals surface area (Å²) in [5.74, 6) is 0. The fraction of sp³-hybridized carbons (Fsp3) is 0.417. The lowest BCUT2D eigenvalue weighted by atomic mass is 10.1. The highest BCUT2D eigenvalue weighted by atomic mass is 15.2. The molecule has 78 valence electrons. The number of benzene rings is 1. The molecule has 0 radical (unpaired) electrons. The SMILES string of the molecule is N#C[C@H]1CNCCN1Cc1ccccc1. The minimum absolute atomic E-state index is 0.0129. The maximum absolute atomic E-state index is 9.01. The van der Waals surface area contributed by atoms with Gasteiger partial charge in [-0.15, -0.1) is 0 Å². The Morgan fingerprint density at radius 2 is 2.20 bits per heavy atom. The van der Waals surface area contributed by atoms with Crippen molar-refractivity contribution in [3.63, 3.8) is 0 Å². The summed E-state index contributed by atoms with van der Waals surface area (Å²) in [6.45, 7) is 3.59. The zero-order valence-corrected chi connectivity index (χ0v) is 8.69. The van der Waals surface area contributed by atoms with Gasteiger partial charge in [-0.2, -0.15) is 5.26 Å². The molecule has 1 aromatic rings. The molecule has 1 aliphatic heterocycles. The number of piperazine rings is 1. The molecular formula is C12H15N3. The van der Waals surface area contributed by atoms with E-state index in [2.05, 4.69) is 28.4 Å². The molecule has 1 aromatic carbocycles. The first-order valence-electron chi connectivity index (χ1n) is 5.28. The lowest BCUT2D eigenvalue weighted by Gasteiger charge is -2.31. The van der Waals surface area contributed by atoms with E-state index in [0.29, 0.717) is 0 Å². The third-order valence-electron chi connectivity index (χ3n) is 2.73. The van der Waals surface area contributed by atoms with E-state index in [0.717, 1.165) is 26.2 Å². The molecule has 0 amide bonds.